The van der Waals surface area contributed by atoms with E-state index in [1.807, 2.05) is 47.1 Å². The van der Waals surface area contributed by atoms with E-state index in [-0.39, 0.29) is 17.7 Å². The standard InChI is InChI=1S/C26H34N6O3/c1-16-21(7-8-23(27)30-16)14-29-25(34)17(2)32-15-19(13-22(32)24(28)33)11-18-5-3-6-20(12-18)26(35)31-9-4-10-31/h3,5-8,12,17,19,22H,4,9-11,13-15H2,1-2H3,(H2,27,30)(H2,28,33)(H,29,34)/t17-,19?,22?/m0/s1. The average molecular weight is 479 g/mol. The van der Waals surface area contributed by atoms with Gasteiger partial charge in [-0.25, -0.2) is 4.98 Å². The predicted molar refractivity (Wildman–Crippen MR) is 133 cm³/mol. The van der Waals surface area contributed by atoms with Crippen LogP contribution in [-0.4, -0.2) is 64.2 Å². The molecule has 9 nitrogen and oxygen atoms in total. The van der Waals surface area contributed by atoms with Gasteiger partial charge < -0.3 is 21.7 Å². The van der Waals surface area contributed by atoms with Gasteiger partial charge in [0.05, 0.1) is 12.1 Å². The van der Waals surface area contributed by atoms with Crippen molar-refractivity contribution in [2.24, 2.45) is 11.7 Å². The van der Waals surface area contributed by atoms with Crippen molar-refractivity contribution >= 4 is 23.5 Å². The first kappa shape index (κ1) is 24.7. The Kier molecular flexibility index (Phi) is 7.35. The Bertz CT molecular complexity index is 1120. The Morgan fingerprint density at radius 3 is 2.63 bits per heavy atom. The van der Waals surface area contributed by atoms with E-state index in [9.17, 15) is 14.4 Å². The molecular weight excluding hydrogens is 444 g/mol. The van der Waals surface area contributed by atoms with E-state index in [0.29, 0.717) is 37.3 Å². The van der Waals surface area contributed by atoms with Gasteiger partial charge in [0.25, 0.3) is 5.91 Å². The normalized spacial score (nSPS) is 20.8. The molecule has 2 saturated heterocycles. The molecule has 3 atom stereocenters. The summed E-state index contributed by atoms with van der Waals surface area (Å²) in [5.41, 5.74) is 14.8. The number of hydrogen-bond donors (Lipinski definition) is 3. The average Bonchev–Trinajstić information content (AvgIpc) is 3.21. The smallest absolute Gasteiger partial charge is 0.253 e. The number of aryl methyl sites for hydroxylation is 1. The van der Waals surface area contributed by atoms with Crippen molar-refractivity contribution in [2.75, 3.05) is 25.4 Å². The number of carbonyl (C=O) groups is 3. The van der Waals surface area contributed by atoms with Gasteiger partial charge in [0, 0.05) is 37.4 Å². The predicted octanol–water partition coefficient (Wildman–Crippen LogP) is 1.24. The van der Waals surface area contributed by atoms with Crippen LogP contribution in [0.2, 0.25) is 0 Å². The second kappa shape index (κ2) is 10.4. The van der Waals surface area contributed by atoms with E-state index >= 15 is 0 Å². The number of hydrogen-bond acceptors (Lipinski definition) is 6. The van der Waals surface area contributed by atoms with Gasteiger partial charge >= 0.3 is 0 Å². The monoisotopic (exact) mass is 478 g/mol. The maximum atomic E-state index is 12.9. The molecule has 2 aliphatic heterocycles. The number of aromatic nitrogens is 1. The summed E-state index contributed by atoms with van der Waals surface area (Å²) in [6, 6.07) is 10.2. The number of nitrogens with zero attached hydrogens (tertiary/aromatic N) is 3. The minimum absolute atomic E-state index is 0.0676. The van der Waals surface area contributed by atoms with Gasteiger partial charge in [-0.3, -0.25) is 19.3 Å². The van der Waals surface area contributed by atoms with E-state index < -0.39 is 18.0 Å². The highest BCUT2D eigenvalue weighted by Crippen LogP contribution is 2.29. The number of anilines is 1. The molecule has 2 aromatic rings. The van der Waals surface area contributed by atoms with Crippen LogP contribution in [0.25, 0.3) is 0 Å². The van der Waals surface area contributed by atoms with Crippen molar-refractivity contribution in [3.05, 3.63) is 58.8 Å². The molecule has 2 aliphatic rings. The molecule has 1 aromatic carbocycles. The van der Waals surface area contributed by atoms with Crippen LogP contribution < -0.4 is 16.8 Å². The van der Waals surface area contributed by atoms with Gasteiger partial charge in [0.15, 0.2) is 0 Å². The van der Waals surface area contributed by atoms with E-state index in [1.165, 1.54) is 0 Å². The van der Waals surface area contributed by atoms with Gasteiger partial charge in [-0.15, -0.1) is 0 Å². The molecule has 0 saturated carbocycles. The molecule has 5 N–H and O–H groups in total. The summed E-state index contributed by atoms with van der Waals surface area (Å²) in [5, 5.41) is 2.95. The van der Waals surface area contributed by atoms with E-state index in [1.54, 1.807) is 13.0 Å². The van der Waals surface area contributed by atoms with Crippen LogP contribution in [0.1, 0.15) is 46.9 Å². The molecule has 186 valence electrons. The summed E-state index contributed by atoms with van der Waals surface area (Å²) in [7, 11) is 0. The van der Waals surface area contributed by atoms with Crippen LogP contribution in [0.15, 0.2) is 36.4 Å². The number of carbonyl (C=O) groups excluding carboxylic acids is 3. The van der Waals surface area contributed by atoms with Crippen molar-refractivity contribution in [1.82, 2.24) is 20.1 Å². The number of nitrogens with one attached hydrogen (secondary N) is 1. The van der Waals surface area contributed by atoms with Crippen molar-refractivity contribution in [3.63, 3.8) is 0 Å². The van der Waals surface area contributed by atoms with Crippen molar-refractivity contribution < 1.29 is 14.4 Å². The molecule has 3 heterocycles. The minimum atomic E-state index is -0.515. The van der Waals surface area contributed by atoms with Crippen LogP contribution >= 0.6 is 0 Å². The summed E-state index contributed by atoms with van der Waals surface area (Å²) in [6.07, 6.45) is 2.35. The van der Waals surface area contributed by atoms with E-state index in [0.717, 1.165) is 36.3 Å². The Labute approximate surface area is 205 Å². The first-order chi connectivity index (χ1) is 16.7. The molecule has 4 rings (SSSR count). The number of nitrogen functional groups attached to an aromatic ring is 1. The molecule has 2 fully saturated rings. The van der Waals surface area contributed by atoms with Gasteiger partial charge in [0.2, 0.25) is 11.8 Å². The fourth-order valence-electron chi connectivity index (χ4n) is 4.95. The highest BCUT2D eigenvalue weighted by Gasteiger charge is 2.40. The Morgan fingerprint density at radius 1 is 1.20 bits per heavy atom. The molecule has 0 spiro atoms. The lowest BCUT2D eigenvalue weighted by atomic mass is 9.95. The second-order valence-corrected chi connectivity index (χ2v) is 9.64. The zero-order valence-corrected chi connectivity index (χ0v) is 20.4. The van der Waals surface area contributed by atoms with E-state index in [2.05, 4.69) is 10.3 Å². The first-order valence-electron chi connectivity index (χ1n) is 12.2. The van der Waals surface area contributed by atoms with Crippen LogP contribution in [0, 0.1) is 12.8 Å². The summed E-state index contributed by atoms with van der Waals surface area (Å²) in [5.74, 6) is 0.0650. The molecule has 0 bridgehead atoms. The van der Waals surface area contributed by atoms with Gasteiger partial charge in [-0.05, 0) is 68.4 Å². The first-order valence-corrected chi connectivity index (χ1v) is 12.2. The lowest BCUT2D eigenvalue weighted by Crippen LogP contribution is -2.51. The maximum Gasteiger partial charge on any atom is 0.253 e. The second-order valence-electron chi connectivity index (χ2n) is 9.64. The number of rotatable bonds is 8. The Morgan fingerprint density at radius 2 is 1.97 bits per heavy atom. The third-order valence-corrected chi connectivity index (χ3v) is 7.14. The van der Waals surface area contributed by atoms with Crippen LogP contribution in [0.5, 0.6) is 0 Å². The molecule has 35 heavy (non-hydrogen) atoms. The molecule has 9 heteroatoms. The number of benzene rings is 1. The molecule has 3 amide bonds. The maximum absolute atomic E-state index is 12.9. The zero-order valence-electron chi connectivity index (χ0n) is 20.4. The third kappa shape index (κ3) is 5.62. The van der Waals surface area contributed by atoms with Gasteiger partial charge in [0.1, 0.15) is 5.82 Å². The van der Waals surface area contributed by atoms with Crippen molar-refractivity contribution in [2.45, 2.75) is 51.7 Å². The third-order valence-electron chi connectivity index (χ3n) is 7.14. The molecule has 0 aliphatic carbocycles. The van der Waals surface area contributed by atoms with Crippen molar-refractivity contribution in [1.29, 1.82) is 0 Å². The summed E-state index contributed by atoms with van der Waals surface area (Å²) < 4.78 is 0. The van der Waals surface area contributed by atoms with E-state index in [4.69, 9.17) is 11.5 Å². The molecular formula is C26H34N6O3. The number of pyridine rings is 1. The topological polar surface area (TPSA) is 135 Å². The Balaban J connectivity index is 1.39. The number of likely N-dealkylation sites (tertiary alicyclic amines) is 2. The minimum Gasteiger partial charge on any atom is -0.384 e. The van der Waals surface area contributed by atoms with Gasteiger partial charge in [-0.1, -0.05) is 18.2 Å². The molecule has 1 aromatic heterocycles. The van der Waals surface area contributed by atoms with Gasteiger partial charge in [-0.2, -0.15) is 0 Å². The lowest BCUT2D eigenvalue weighted by molar-refractivity contribution is -0.129. The Hall–Kier alpha value is -3.46. The quantitative estimate of drug-likeness (QED) is 0.523. The fourth-order valence-corrected chi connectivity index (χ4v) is 4.95. The number of primary amides is 1. The summed E-state index contributed by atoms with van der Waals surface area (Å²) in [6.45, 7) is 6.19. The zero-order chi connectivity index (χ0) is 25.1. The van der Waals surface area contributed by atoms with Crippen molar-refractivity contribution in [3.8, 4) is 0 Å². The highest BCUT2D eigenvalue weighted by molar-refractivity contribution is 5.94. The van der Waals surface area contributed by atoms with Crippen LogP contribution in [0.3, 0.4) is 0 Å². The molecule has 0 radical (unpaired) electrons. The SMILES string of the molecule is Cc1nc(N)ccc1CNC(=O)[C@H](C)N1CC(Cc2cccc(C(=O)N3CCC3)c2)CC1C(N)=O. The van der Waals surface area contributed by atoms with Crippen LogP contribution in [0.4, 0.5) is 5.82 Å². The summed E-state index contributed by atoms with van der Waals surface area (Å²) in [4.78, 5) is 45.7. The van der Waals surface area contributed by atoms with Crippen LogP contribution in [-0.2, 0) is 22.6 Å². The fraction of sp³-hybridized carbons (Fsp3) is 0.462. The number of nitrogens with two attached hydrogens (primary N) is 2. The number of amides is 3. The molecule has 2 unspecified atom stereocenters. The highest BCUT2D eigenvalue weighted by atomic mass is 16.2. The lowest BCUT2D eigenvalue weighted by Gasteiger charge is -2.31. The largest absolute Gasteiger partial charge is 0.384 e. The summed E-state index contributed by atoms with van der Waals surface area (Å²) >= 11 is 0.